The fourth-order valence-electron chi connectivity index (χ4n) is 2.34. The monoisotopic (exact) mass is 318 g/mol. The maximum Gasteiger partial charge on any atom is 0.354 e. The quantitative estimate of drug-likeness (QED) is 0.889. The van der Waals surface area contributed by atoms with Gasteiger partial charge in [0.25, 0.3) is 5.91 Å². The number of carboxylic acid groups (broad SMARTS) is 1. The minimum Gasteiger partial charge on any atom is -0.477 e. The van der Waals surface area contributed by atoms with E-state index >= 15 is 0 Å². The Morgan fingerprint density at radius 2 is 2.05 bits per heavy atom. The van der Waals surface area contributed by atoms with E-state index in [-0.39, 0.29) is 23.3 Å². The highest BCUT2D eigenvalue weighted by atomic mass is 32.1. The van der Waals surface area contributed by atoms with Crippen LogP contribution in [0.2, 0.25) is 0 Å². The van der Waals surface area contributed by atoms with E-state index in [1.807, 2.05) is 25.3 Å². The summed E-state index contributed by atoms with van der Waals surface area (Å²) in [5, 5.41) is 13.1. The van der Waals surface area contributed by atoms with Gasteiger partial charge in [0.05, 0.1) is 0 Å². The summed E-state index contributed by atoms with van der Waals surface area (Å²) in [6, 6.07) is 6.53. The lowest BCUT2D eigenvalue weighted by Crippen LogP contribution is -2.40. The maximum absolute atomic E-state index is 12.6. The van der Waals surface area contributed by atoms with Gasteiger partial charge in [0.1, 0.15) is 11.4 Å². The van der Waals surface area contributed by atoms with E-state index in [9.17, 15) is 9.59 Å². The van der Waals surface area contributed by atoms with Gasteiger partial charge in [0, 0.05) is 12.6 Å². The molecule has 1 N–H and O–H groups in total. The number of amides is 1. The predicted octanol–water partition coefficient (Wildman–Crippen LogP) is 2.93. The molecule has 2 rings (SSSR count). The third-order valence-electron chi connectivity index (χ3n) is 3.43. The molecule has 1 amide bonds. The van der Waals surface area contributed by atoms with E-state index in [2.05, 4.69) is 10.4 Å². The zero-order chi connectivity index (χ0) is 16.1. The van der Waals surface area contributed by atoms with Crippen molar-refractivity contribution >= 4 is 23.2 Å². The first kappa shape index (κ1) is 16.2. The molecule has 0 fully saturated rings. The van der Waals surface area contributed by atoms with Crippen LogP contribution in [0.5, 0.6) is 0 Å². The van der Waals surface area contributed by atoms with Crippen LogP contribution in [0.25, 0.3) is 0 Å². The first-order valence-corrected chi connectivity index (χ1v) is 7.99. The SMILES string of the molecule is CCN(C(=O)c1cccc(C(=O)O)n1)C(C)Cc1ccsc1. The van der Waals surface area contributed by atoms with Crippen molar-refractivity contribution in [1.82, 2.24) is 9.88 Å². The Kier molecular flexibility index (Phi) is 5.27. The Balaban J connectivity index is 2.17. The van der Waals surface area contributed by atoms with Gasteiger partial charge >= 0.3 is 5.97 Å². The van der Waals surface area contributed by atoms with Crippen LogP contribution in [0, 0.1) is 0 Å². The number of hydrogen-bond donors (Lipinski definition) is 1. The number of carbonyl (C=O) groups is 2. The molecular weight excluding hydrogens is 300 g/mol. The summed E-state index contributed by atoms with van der Waals surface area (Å²) < 4.78 is 0. The summed E-state index contributed by atoms with van der Waals surface area (Å²) in [6.45, 7) is 4.44. The van der Waals surface area contributed by atoms with Crippen LogP contribution >= 0.6 is 11.3 Å². The Hall–Kier alpha value is -2.21. The number of carbonyl (C=O) groups excluding carboxylic acids is 1. The van der Waals surface area contributed by atoms with Crippen molar-refractivity contribution in [2.24, 2.45) is 0 Å². The normalized spacial score (nSPS) is 11.9. The minimum absolute atomic E-state index is 0.0161. The molecule has 0 saturated carbocycles. The number of aromatic carboxylic acids is 1. The summed E-state index contributed by atoms with van der Waals surface area (Å²) in [4.78, 5) is 29.2. The van der Waals surface area contributed by atoms with Crippen LogP contribution in [0.3, 0.4) is 0 Å². The van der Waals surface area contributed by atoms with Gasteiger partial charge in [-0.1, -0.05) is 6.07 Å². The fraction of sp³-hybridized carbons (Fsp3) is 0.312. The van der Waals surface area contributed by atoms with Crippen LogP contribution in [0.15, 0.2) is 35.0 Å². The van der Waals surface area contributed by atoms with Crippen molar-refractivity contribution in [3.05, 3.63) is 52.0 Å². The Bertz CT molecular complexity index is 655. The van der Waals surface area contributed by atoms with Gasteiger partial charge in [-0.25, -0.2) is 9.78 Å². The van der Waals surface area contributed by atoms with Crippen molar-refractivity contribution in [1.29, 1.82) is 0 Å². The molecule has 0 aliphatic rings. The molecule has 0 radical (unpaired) electrons. The lowest BCUT2D eigenvalue weighted by atomic mass is 10.1. The van der Waals surface area contributed by atoms with Gasteiger partial charge in [-0.05, 0) is 54.8 Å². The van der Waals surface area contributed by atoms with E-state index in [1.165, 1.54) is 11.6 Å². The molecule has 5 nitrogen and oxygen atoms in total. The average molecular weight is 318 g/mol. The molecule has 0 aliphatic carbocycles. The number of pyridine rings is 1. The van der Waals surface area contributed by atoms with Crippen molar-refractivity contribution in [2.45, 2.75) is 26.3 Å². The Morgan fingerprint density at radius 1 is 1.32 bits per heavy atom. The molecule has 0 aromatic carbocycles. The lowest BCUT2D eigenvalue weighted by molar-refractivity contribution is 0.0687. The second kappa shape index (κ2) is 7.17. The lowest BCUT2D eigenvalue weighted by Gasteiger charge is -2.27. The molecule has 2 aromatic rings. The number of carboxylic acids is 1. The molecule has 1 atom stereocenters. The van der Waals surface area contributed by atoms with E-state index in [1.54, 1.807) is 28.4 Å². The third-order valence-corrected chi connectivity index (χ3v) is 4.16. The molecule has 2 heterocycles. The first-order chi connectivity index (χ1) is 10.5. The zero-order valence-corrected chi connectivity index (χ0v) is 13.3. The van der Waals surface area contributed by atoms with Crippen molar-refractivity contribution in [2.75, 3.05) is 6.54 Å². The smallest absolute Gasteiger partial charge is 0.354 e. The van der Waals surface area contributed by atoms with Gasteiger partial charge in [0.2, 0.25) is 0 Å². The van der Waals surface area contributed by atoms with E-state index in [4.69, 9.17) is 5.11 Å². The highest BCUT2D eigenvalue weighted by molar-refractivity contribution is 7.07. The van der Waals surface area contributed by atoms with Gasteiger partial charge < -0.3 is 10.0 Å². The molecule has 0 spiro atoms. The molecule has 0 bridgehead atoms. The number of hydrogen-bond acceptors (Lipinski definition) is 4. The minimum atomic E-state index is -1.14. The maximum atomic E-state index is 12.6. The van der Waals surface area contributed by atoms with Crippen LogP contribution in [-0.2, 0) is 6.42 Å². The largest absolute Gasteiger partial charge is 0.477 e. The summed E-state index contributed by atoms with van der Waals surface area (Å²) in [5.41, 5.74) is 1.24. The molecule has 0 saturated heterocycles. The number of aromatic nitrogens is 1. The molecule has 116 valence electrons. The summed E-state index contributed by atoms with van der Waals surface area (Å²) >= 11 is 1.63. The Labute approximate surface area is 133 Å². The van der Waals surface area contributed by atoms with Crippen molar-refractivity contribution < 1.29 is 14.7 Å². The van der Waals surface area contributed by atoms with Gasteiger partial charge in [0.15, 0.2) is 0 Å². The molecule has 22 heavy (non-hydrogen) atoms. The van der Waals surface area contributed by atoms with E-state index in [0.717, 1.165) is 6.42 Å². The fourth-order valence-corrected chi connectivity index (χ4v) is 3.02. The van der Waals surface area contributed by atoms with E-state index < -0.39 is 5.97 Å². The van der Waals surface area contributed by atoms with Crippen molar-refractivity contribution in [3.8, 4) is 0 Å². The molecule has 1 unspecified atom stereocenters. The summed E-state index contributed by atoms with van der Waals surface area (Å²) in [6.07, 6.45) is 0.766. The summed E-state index contributed by atoms with van der Waals surface area (Å²) in [7, 11) is 0. The van der Waals surface area contributed by atoms with E-state index in [0.29, 0.717) is 6.54 Å². The number of rotatable bonds is 6. The standard InChI is InChI=1S/C16H18N2O3S/c1-3-18(11(2)9-12-7-8-22-10-12)15(19)13-5-4-6-14(17-13)16(20)21/h4-8,10-11H,3,9H2,1-2H3,(H,20,21). The number of nitrogens with zero attached hydrogens (tertiary/aromatic N) is 2. The second-order valence-corrected chi connectivity index (χ2v) is 5.77. The Morgan fingerprint density at radius 3 is 2.64 bits per heavy atom. The van der Waals surface area contributed by atoms with Gasteiger partial charge in [-0.15, -0.1) is 0 Å². The molecule has 0 aliphatic heterocycles. The predicted molar refractivity (Wildman–Crippen MR) is 85.4 cm³/mol. The summed E-state index contributed by atoms with van der Waals surface area (Å²) in [5.74, 6) is -1.38. The molecule has 2 aromatic heterocycles. The van der Waals surface area contributed by atoms with Crippen LogP contribution in [0.4, 0.5) is 0 Å². The molecule has 6 heteroatoms. The van der Waals surface area contributed by atoms with Crippen LogP contribution in [-0.4, -0.2) is 39.5 Å². The van der Waals surface area contributed by atoms with Gasteiger partial charge in [-0.3, -0.25) is 4.79 Å². The second-order valence-electron chi connectivity index (χ2n) is 4.99. The molecular formula is C16H18N2O3S. The van der Waals surface area contributed by atoms with Crippen molar-refractivity contribution in [3.63, 3.8) is 0 Å². The van der Waals surface area contributed by atoms with Crippen LogP contribution in [0.1, 0.15) is 40.4 Å². The third kappa shape index (κ3) is 3.71. The topological polar surface area (TPSA) is 70.5 Å². The van der Waals surface area contributed by atoms with Gasteiger partial charge in [-0.2, -0.15) is 11.3 Å². The number of thiophene rings is 1. The average Bonchev–Trinajstić information content (AvgIpc) is 3.00. The van der Waals surface area contributed by atoms with Crippen LogP contribution < -0.4 is 0 Å². The number of likely N-dealkylation sites (N-methyl/N-ethyl adjacent to an activating group) is 1. The zero-order valence-electron chi connectivity index (χ0n) is 12.5. The first-order valence-electron chi connectivity index (χ1n) is 7.05. The highest BCUT2D eigenvalue weighted by Gasteiger charge is 2.22. The highest BCUT2D eigenvalue weighted by Crippen LogP contribution is 2.14.